The van der Waals surface area contributed by atoms with Crippen molar-refractivity contribution >= 4 is 15.7 Å². The Hall–Kier alpha value is -1.18. The molecule has 0 bridgehead atoms. The van der Waals surface area contributed by atoms with E-state index in [4.69, 9.17) is 9.47 Å². The number of nitrogens with zero attached hydrogens (tertiary/aromatic N) is 1. The van der Waals surface area contributed by atoms with Gasteiger partial charge in [0.25, 0.3) is 0 Å². The Balaban J connectivity index is 1.62. The van der Waals surface area contributed by atoms with Crippen LogP contribution in [0.25, 0.3) is 0 Å². The quantitative estimate of drug-likeness (QED) is 0.911. The SMILES string of the molecule is CS(=O)(=O)c1cccnc1NCC1COC2(CCCCC2)O1. The predicted molar refractivity (Wildman–Crippen MR) is 82.5 cm³/mol. The average molecular weight is 326 g/mol. The highest BCUT2D eigenvalue weighted by atomic mass is 32.2. The first-order valence-corrected chi connectivity index (χ1v) is 9.58. The molecule has 1 aliphatic heterocycles. The summed E-state index contributed by atoms with van der Waals surface area (Å²) in [7, 11) is -3.30. The van der Waals surface area contributed by atoms with Gasteiger partial charge in [-0.2, -0.15) is 0 Å². The smallest absolute Gasteiger partial charge is 0.179 e. The maximum atomic E-state index is 11.8. The highest BCUT2D eigenvalue weighted by Crippen LogP contribution is 2.37. The van der Waals surface area contributed by atoms with Crippen LogP contribution in [0.5, 0.6) is 0 Å². The highest BCUT2D eigenvalue weighted by molar-refractivity contribution is 7.90. The molecule has 0 radical (unpaired) electrons. The largest absolute Gasteiger partial charge is 0.366 e. The summed E-state index contributed by atoms with van der Waals surface area (Å²) in [4.78, 5) is 4.33. The van der Waals surface area contributed by atoms with Gasteiger partial charge in [0, 0.05) is 31.8 Å². The molecule has 1 saturated heterocycles. The van der Waals surface area contributed by atoms with Crippen molar-refractivity contribution in [3.05, 3.63) is 18.3 Å². The Labute approximate surface area is 131 Å². The summed E-state index contributed by atoms with van der Waals surface area (Å²) in [5.41, 5.74) is 0. The molecule has 2 heterocycles. The molecule has 7 heteroatoms. The molecule has 1 unspecified atom stereocenters. The van der Waals surface area contributed by atoms with Crippen molar-refractivity contribution in [3.63, 3.8) is 0 Å². The van der Waals surface area contributed by atoms with Crippen LogP contribution in [0, 0.1) is 0 Å². The summed E-state index contributed by atoms with van der Waals surface area (Å²) in [5.74, 6) is -0.0350. The number of sulfone groups is 1. The van der Waals surface area contributed by atoms with Crippen LogP contribution in [0.2, 0.25) is 0 Å². The second-order valence-corrected chi connectivity index (χ2v) is 8.01. The molecule has 1 spiro atoms. The van der Waals surface area contributed by atoms with Gasteiger partial charge in [0.2, 0.25) is 0 Å². The fourth-order valence-corrected chi connectivity index (χ4v) is 3.90. The van der Waals surface area contributed by atoms with Gasteiger partial charge >= 0.3 is 0 Å². The van der Waals surface area contributed by atoms with E-state index < -0.39 is 15.6 Å². The van der Waals surface area contributed by atoms with E-state index in [1.807, 2.05) is 0 Å². The van der Waals surface area contributed by atoms with E-state index in [-0.39, 0.29) is 11.0 Å². The Morgan fingerprint density at radius 3 is 2.86 bits per heavy atom. The maximum Gasteiger partial charge on any atom is 0.179 e. The van der Waals surface area contributed by atoms with Crippen molar-refractivity contribution in [1.29, 1.82) is 0 Å². The topological polar surface area (TPSA) is 77.5 Å². The number of hydrogen-bond acceptors (Lipinski definition) is 6. The number of hydrogen-bond donors (Lipinski definition) is 1. The molecule has 1 N–H and O–H groups in total. The normalized spacial score (nSPS) is 24.5. The van der Waals surface area contributed by atoms with Crippen LogP contribution in [-0.4, -0.2) is 44.7 Å². The third-order valence-electron chi connectivity index (χ3n) is 4.20. The summed E-state index contributed by atoms with van der Waals surface area (Å²) in [6.07, 6.45) is 8.09. The van der Waals surface area contributed by atoms with Gasteiger partial charge in [0.05, 0.1) is 6.61 Å². The lowest BCUT2D eigenvalue weighted by Crippen LogP contribution is -2.34. The van der Waals surface area contributed by atoms with Crippen LogP contribution in [0.3, 0.4) is 0 Å². The molecular formula is C15H22N2O4S. The Morgan fingerprint density at radius 2 is 2.14 bits per heavy atom. The van der Waals surface area contributed by atoms with Gasteiger partial charge in [-0.25, -0.2) is 13.4 Å². The molecule has 0 amide bonds. The zero-order valence-corrected chi connectivity index (χ0v) is 13.6. The second-order valence-electron chi connectivity index (χ2n) is 6.03. The van der Waals surface area contributed by atoms with Gasteiger partial charge in [-0.05, 0) is 25.0 Å². The van der Waals surface area contributed by atoms with Gasteiger partial charge in [0.1, 0.15) is 16.8 Å². The number of pyridine rings is 1. The molecule has 2 aliphatic rings. The number of rotatable bonds is 4. The Bertz CT molecular complexity index is 626. The van der Waals surface area contributed by atoms with E-state index in [9.17, 15) is 8.42 Å². The molecule has 22 heavy (non-hydrogen) atoms. The molecule has 122 valence electrons. The average Bonchev–Trinajstić information content (AvgIpc) is 2.88. The molecule has 1 aliphatic carbocycles. The molecule has 2 fully saturated rings. The molecule has 1 atom stereocenters. The number of aromatic nitrogens is 1. The molecule has 3 rings (SSSR count). The van der Waals surface area contributed by atoms with Crippen LogP contribution in [-0.2, 0) is 19.3 Å². The molecule has 1 saturated carbocycles. The first kappa shape index (κ1) is 15.7. The minimum atomic E-state index is -3.30. The van der Waals surface area contributed by atoms with Gasteiger partial charge < -0.3 is 14.8 Å². The van der Waals surface area contributed by atoms with Crippen molar-refractivity contribution in [3.8, 4) is 0 Å². The maximum absolute atomic E-state index is 11.8. The zero-order valence-electron chi connectivity index (χ0n) is 12.7. The van der Waals surface area contributed by atoms with Crippen molar-refractivity contribution in [2.75, 3.05) is 24.7 Å². The molecule has 6 nitrogen and oxygen atoms in total. The van der Waals surface area contributed by atoms with Crippen LogP contribution in [0.4, 0.5) is 5.82 Å². The summed E-state index contributed by atoms with van der Waals surface area (Å²) < 4.78 is 35.5. The molecular weight excluding hydrogens is 304 g/mol. The van der Waals surface area contributed by atoms with Crippen LogP contribution in [0.15, 0.2) is 23.2 Å². The van der Waals surface area contributed by atoms with E-state index in [1.54, 1.807) is 18.3 Å². The fraction of sp³-hybridized carbons (Fsp3) is 0.667. The van der Waals surface area contributed by atoms with Crippen molar-refractivity contribution in [2.45, 2.75) is 48.9 Å². The monoisotopic (exact) mass is 326 g/mol. The van der Waals surface area contributed by atoms with Gasteiger partial charge in [0.15, 0.2) is 15.6 Å². The van der Waals surface area contributed by atoms with E-state index in [1.165, 1.54) is 12.7 Å². The van der Waals surface area contributed by atoms with Crippen LogP contribution < -0.4 is 5.32 Å². The summed E-state index contributed by atoms with van der Waals surface area (Å²) >= 11 is 0. The first-order valence-electron chi connectivity index (χ1n) is 7.69. The van der Waals surface area contributed by atoms with Crippen molar-refractivity contribution in [1.82, 2.24) is 4.98 Å². The lowest BCUT2D eigenvalue weighted by Gasteiger charge is -2.31. The van der Waals surface area contributed by atoms with E-state index in [0.717, 1.165) is 25.7 Å². The van der Waals surface area contributed by atoms with Gasteiger partial charge in [-0.3, -0.25) is 0 Å². The minimum absolute atomic E-state index is 0.0764. The van der Waals surface area contributed by atoms with Crippen LogP contribution >= 0.6 is 0 Å². The lowest BCUT2D eigenvalue weighted by molar-refractivity contribution is -0.185. The summed E-state index contributed by atoms with van der Waals surface area (Å²) in [5, 5.41) is 3.09. The van der Waals surface area contributed by atoms with Crippen LogP contribution in [0.1, 0.15) is 32.1 Å². The third-order valence-corrected chi connectivity index (χ3v) is 5.32. The number of nitrogens with one attached hydrogen (secondary N) is 1. The molecule has 1 aromatic rings. The van der Waals surface area contributed by atoms with Crippen molar-refractivity contribution in [2.24, 2.45) is 0 Å². The summed E-state index contributed by atoms with van der Waals surface area (Å²) in [6.45, 7) is 1.02. The summed E-state index contributed by atoms with van der Waals surface area (Å²) in [6, 6.07) is 3.17. The predicted octanol–water partition coefficient (Wildman–Crippen LogP) is 1.97. The van der Waals surface area contributed by atoms with E-state index in [0.29, 0.717) is 19.0 Å². The first-order chi connectivity index (χ1) is 10.5. The molecule has 0 aromatic carbocycles. The minimum Gasteiger partial charge on any atom is -0.366 e. The molecule has 1 aromatic heterocycles. The van der Waals surface area contributed by atoms with E-state index in [2.05, 4.69) is 10.3 Å². The third kappa shape index (κ3) is 3.42. The lowest BCUT2D eigenvalue weighted by atomic mass is 9.94. The standard InChI is InChI=1S/C15H22N2O4S/c1-22(18,19)13-6-5-9-16-14(13)17-10-12-11-20-15(21-12)7-3-2-4-8-15/h5-6,9,12H,2-4,7-8,10-11H2,1H3,(H,16,17). The Kier molecular flexibility index (Phi) is 4.38. The number of anilines is 1. The fourth-order valence-electron chi connectivity index (χ4n) is 3.10. The highest BCUT2D eigenvalue weighted by Gasteiger charge is 2.42. The Morgan fingerprint density at radius 1 is 1.36 bits per heavy atom. The second kappa shape index (κ2) is 6.14. The van der Waals surface area contributed by atoms with Gasteiger partial charge in [-0.15, -0.1) is 0 Å². The number of ether oxygens (including phenoxy) is 2. The van der Waals surface area contributed by atoms with E-state index >= 15 is 0 Å². The van der Waals surface area contributed by atoms with Gasteiger partial charge in [-0.1, -0.05) is 6.42 Å². The van der Waals surface area contributed by atoms with Crippen molar-refractivity contribution < 1.29 is 17.9 Å². The zero-order chi connectivity index (χ0) is 15.6.